The molecule has 2 aromatic heterocycles. The quantitative estimate of drug-likeness (QED) is 0.649. The summed E-state index contributed by atoms with van der Waals surface area (Å²) in [6, 6.07) is 8.41. The fourth-order valence-corrected chi connectivity index (χ4v) is 5.16. The van der Waals surface area contributed by atoms with Gasteiger partial charge in [-0.1, -0.05) is 53.2 Å². The number of hydrogen-bond acceptors (Lipinski definition) is 5. The number of hydrogen-bond donors (Lipinski definition) is 1. The number of rotatable bonds is 4. The molecule has 1 atom stereocenters. The SMILES string of the molecule is CCc1nc2sc(C(c3cccc(Br)c3)N3CCC(C)CC3)c(O)n2n1. The number of nitrogens with zero attached hydrogens (tertiary/aromatic N) is 4. The van der Waals surface area contributed by atoms with Crippen LogP contribution in [0, 0.1) is 5.92 Å². The highest BCUT2D eigenvalue weighted by Crippen LogP contribution is 2.41. The molecule has 1 unspecified atom stereocenters. The number of piperidine rings is 1. The Morgan fingerprint density at radius 1 is 1.35 bits per heavy atom. The van der Waals surface area contributed by atoms with Crippen molar-refractivity contribution >= 4 is 32.2 Å². The molecule has 1 N–H and O–H groups in total. The van der Waals surface area contributed by atoms with Crippen LogP contribution in [0.1, 0.15) is 49.0 Å². The van der Waals surface area contributed by atoms with E-state index < -0.39 is 0 Å². The van der Waals surface area contributed by atoms with Gasteiger partial charge in [0.05, 0.1) is 10.9 Å². The lowest BCUT2D eigenvalue weighted by atomic mass is 9.95. The smallest absolute Gasteiger partial charge is 0.230 e. The Morgan fingerprint density at radius 3 is 2.77 bits per heavy atom. The van der Waals surface area contributed by atoms with E-state index in [-0.39, 0.29) is 11.9 Å². The van der Waals surface area contributed by atoms with Gasteiger partial charge in [-0.2, -0.15) is 4.52 Å². The van der Waals surface area contributed by atoms with Gasteiger partial charge in [-0.05, 0) is 49.5 Å². The largest absolute Gasteiger partial charge is 0.492 e. The molecule has 4 rings (SSSR count). The third-order valence-corrected chi connectivity index (χ3v) is 6.72. The number of halogens is 1. The fourth-order valence-electron chi connectivity index (χ4n) is 3.61. The number of benzene rings is 1. The van der Waals surface area contributed by atoms with E-state index in [1.54, 1.807) is 15.9 Å². The minimum absolute atomic E-state index is 0.0265. The topological polar surface area (TPSA) is 53.7 Å². The maximum absolute atomic E-state index is 10.9. The molecule has 3 aromatic rings. The standard InChI is InChI=1S/C19H23BrN4OS/c1-3-15-21-19-24(22-15)18(25)17(26-19)16(13-5-4-6-14(20)11-13)23-9-7-12(2)8-10-23/h4-6,11-12,16,25H,3,7-10H2,1-2H3. The zero-order valence-corrected chi connectivity index (χ0v) is 17.4. The van der Waals surface area contributed by atoms with Gasteiger partial charge in [0.25, 0.3) is 0 Å². The van der Waals surface area contributed by atoms with Crippen molar-refractivity contribution in [1.82, 2.24) is 19.5 Å². The van der Waals surface area contributed by atoms with Crippen LogP contribution in [0.5, 0.6) is 5.88 Å². The van der Waals surface area contributed by atoms with E-state index in [2.05, 4.69) is 56.0 Å². The molecule has 0 bridgehead atoms. The Morgan fingerprint density at radius 2 is 2.12 bits per heavy atom. The zero-order valence-electron chi connectivity index (χ0n) is 15.0. The third kappa shape index (κ3) is 3.28. The summed E-state index contributed by atoms with van der Waals surface area (Å²) in [6.45, 7) is 6.41. The van der Waals surface area contributed by atoms with Crippen molar-refractivity contribution in [2.75, 3.05) is 13.1 Å². The number of aromatic hydroxyl groups is 1. The minimum atomic E-state index is 0.0265. The van der Waals surface area contributed by atoms with Gasteiger partial charge in [0.1, 0.15) is 0 Å². The van der Waals surface area contributed by atoms with Gasteiger partial charge in [0.15, 0.2) is 5.82 Å². The van der Waals surface area contributed by atoms with Gasteiger partial charge < -0.3 is 5.11 Å². The summed E-state index contributed by atoms with van der Waals surface area (Å²) in [5.74, 6) is 1.75. The Bertz CT molecular complexity index is 914. The van der Waals surface area contributed by atoms with Gasteiger partial charge in [-0.25, -0.2) is 4.98 Å². The molecule has 1 saturated heterocycles. The number of likely N-dealkylation sites (tertiary alicyclic amines) is 1. The van der Waals surface area contributed by atoms with E-state index in [0.717, 1.165) is 45.6 Å². The minimum Gasteiger partial charge on any atom is -0.492 e. The molecule has 0 aliphatic carbocycles. The van der Waals surface area contributed by atoms with Crippen molar-refractivity contribution in [1.29, 1.82) is 0 Å². The predicted octanol–water partition coefficient (Wildman–Crippen LogP) is 4.64. The van der Waals surface area contributed by atoms with Crippen LogP contribution in [-0.4, -0.2) is 37.7 Å². The summed E-state index contributed by atoms with van der Waals surface area (Å²) in [6.07, 6.45) is 3.14. The highest BCUT2D eigenvalue weighted by molar-refractivity contribution is 9.10. The second kappa shape index (κ2) is 7.29. The van der Waals surface area contributed by atoms with Crippen LogP contribution in [0.15, 0.2) is 28.7 Å². The molecule has 1 aromatic carbocycles. The van der Waals surface area contributed by atoms with Crippen molar-refractivity contribution in [2.24, 2.45) is 5.92 Å². The Hall–Kier alpha value is -1.44. The second-order valence-corrected chi connectivity index (χ2v) is 8.97. The number of aryl methyl sites for hydroxylation is 1. The highest BCUT2D eigenvalue weighted by Gasteiger charge is 2.31. The second-order valence-electron chi connectivity index (χ2n) is 7.04. The number of fused-ring (bicyclic) bond motifs is 1. The molecule has 1 aliphatic heterocycles. The van der Waals surface area contributed by atoms with Crippen molar-refractivity contribution < 1.29 is 5.11 Å². The molecule has 5 nitrogen and oxygen atoms in total. The van der Waals surface area contributed by atoms with Gasteiger partial charge >= 0.3 is 0 Å². The monoisotopic (exact) mass is 434 g/mol. The van der Waals surface area contributed by atoms with E-state index in [0.29, 0.717) is 0 Å². The molecule has 7 heteroatoms. The summed E-state index contributed by atoms with van der Waals surface area (Å²) in [7, 11) is 0. The number of thiazole rings is 1. The predicted molar refractivity (Wildman–Crippen MR) is 108 cm³/mol. The zero-order chi connectivity index (χ0) is 18.3. The molecule has 3 heterocycles. The van der Waals surface area contributed by atoms with Crippen molar-refractivity contribution in [3.63, 3.8) is 0 Å². The van der Waals surface area contributed by atoms with Crippen LogP contribution in [0.25, 0.3) is 4.96 Å². The first-order valence-electron chi connectivity index (χ1n) is 9.13. The molecule has 1 aliphatic rings. The molecule has 0 radical (unpaired) electrons. The lowest BCUT2D eigenvalue weighted by Crippen LogP contribution is -2.36. The average Bonchev–Trinajstić information content (AvgIpc) is 3.17. The van der Waals surface area contributed by atoms with Crippen LogP contribution in [0.2, 0.25) is 0 Å². The van der Waals surface area contributed by atoms with Crippen molar-refractivity contribution in [3.05, 3.63) is 45.0 Å². The van der Waals surface area contributed by atoms with E-state index in [1.165, 1.54) is 18.4 Å². The van der Waals surface area contributed by atoms with E-state index in [9.17, 15) is 5.11 Å². The molecule has 26 heavy (non-hydrogen) atoms. The average molecular weight is 435 g/mol. The Balaban J connectivity index is 1.79. The van der Waals surface area contributed by atoms with Crippen LogP contribution in [0.3, 0.4) is 0 Å². The van der Waals surface area contributed by atoms with Crippen molar-refractivity contribution in [2.45, 2.75) is 39.2 Å². The van der Waals surface area contributed by atoms with E-state index in [1.807, 2.05) is 13.0 Å². The maximum Gasteiger partial charge on any atom is 0.230 e. The normalized spacial score (nSPS) is 17.8. The van der Waals surface area contributed by atoms with E-state index in [4.69, 9.17) is 0 Å². The lowest BCUT2D eigenvalue weighted by Gasteiger charge is -2.36. The summed E-state index contributed by atoms with van der Waals surface area (Å²) < 4.78 is 2.65. The van der Waals surface area contributed by atoms with Crippen LogP contribution in [-0.2, 0) is 6.42 Å². The van der Waals surface area contributed by atoms with E-state index >= 15 is 0 Å². The molecule has 1 fully saturated rings. The van der Waals surface area contributed by atoms with Gasteiger partial charge in [-0.15, -0.1) is 5.10 Å². The molecular formula is C19H23BrN4OS. The van der Waals surface area contributed by atoms with Crippen molar-refractivity contribution in [3.8, 4) is 5.88 Å². The molecule has 0 saturated carbocycles. The van der Waals surface area contributed by atoms with Crippen LogP contribution in [0.4, 0.5) is 0 Å². The summed E-state index contributed by atoms with van der Waals surface area (Å²) in [5.41, 5.74) is 1.18. The van der Waals surface area contributed by atoms with Gasteiger partial charge in [0.2, 0.25) is 10.8 Å². The van der Waals surface area contributed by atoms with Gasteiger partial charge in [-0.3, -0.25) is 4.90 Å². The first-order valence-corrected chi connectivity index (χ1v) is 10.7. The summed E-state index contributed by atoms with van der Waals surface area (Å²) in [4.78, 5) is 8.72. The lowest BCUT2D eigenvalue weighted by molar-refractivity contribution is 0.157. The Labute approximate surface area is 165 Å². The van der Waals surface area contributed by atoms with Crippen LogP contribution < -0.4 is 0 Å². The fraction of sp³-hybridized carbons (Fsp3) is 0.474. The summed E-state index contributed by atoms with van der Waals surface area (Å²) in [5, 5.41) is 15.4. The van der Waals surface area contributed by atoms with Crippen LogP contribution >= 0.6 is 27.3 Å². The number of aromatic nitrogens is 3. The highest BCUT2D eigenvalue weighted by atomic mass is 79.9. The molecule has 138 valence electrons. The molecular weight excluding hydrogens is 412 g/mol. The maximum atomic E-state index is 10.9. The Kier molecular flexibility index (Phi) is 5.03. The summed E-state index contributed by atoms with van der Waals surface area (Å²) >= 11 is 5.14. The van der Waals surface area contributed by atoms with Gasteiger partial charge in [0, 0.05) is 10.9 Å². The molecule has 0 amide bonds. The molecule has 0 spiro atoms. The first kappa shape index (κ1) is 17.9. The first-order chi connectivity index (χ1) is 12.6. The third-order valence-electron chi connectivity index (χ3n) is 5.16.